The monoisotopic (exact) mass is 240 g/mol. The van der Waals surface area contributed by atoms with Crippen LogP contribution in [0.15, 0.2) is 42.5 Å². The van der Waals surface area contributed by atoms with Crippen LogP contribution in [0.4, 0.5) is 0 Å². The summed E-state index contributed by atoms with van der Waals surface area (Å²) in [5.41, 5.74) is 1.55. The topological polar surface area (TPSA) is 0 Å². The van der Waals surface area contributed by atoms with Crippen LogP contribution in [0.5, 0.6) is 0 Å². The average Bonchev–Trinajstić information content (AvgIpc) is 2.27. The van der Waals surface area contributed by atoms with E-state index in [9.17, 15) is 0 Å². The van der Waals surface area contributed by atoms with E-state index in [1.807, 2.05) is 0 Å². The SMILES string of the molecule is C[Si]1(C)CC(Cc2cccc3ccccc23)C1. The van der Waals surface area contributed by atoms with Gasteiger partial charge in [0.2, 0.25) is 0 Å². The van der Waals surface area contributed by atoms with Gasteiger partial charge in [-0.2, -0.15) is 0 Å². The van der Waals surface area contributed by atoms with Crippen molar-refractivity contribution in [3.05, 3.63) is 48.0 Å². The van der Waals surface area contributed by atoms with Crippen LogP contribution in [-0.4, -0.2) is 8.07 Å². The number of fused-ring (bicyclic) bond motifs is 1. The quantitative estimate of drug-likeness (QED) is 0.666. The molecule has 0 radical (unpaired) electrons. The molecule has 1 fully saturated rings. The first kappa shape index (κ1) is 11.0. The molecular formula is C16H20Si. The zero-order chi connectivity index (χ0) is 11.9. The minimum absolute atomic E-state index is 0.735. The maximum absolute atomic E-state index is 2.52. The standard InChI is InChI=1S/C16H20Si/c1-17(2)11-13(12-17)10-15-8-5-7-14-6-3-4-9-16(14)15/h3-9,13H,10-12H2,1-2H3. The summed E-state index contributed by atoms with van der Waals surface area (Å²) in [5, 5.41) is 2.85. The maximum atomic E-state index is 2.52. The molecule has 0 aliphatic carbocycles. The molecule has 1 aliphatic heterocycles. The minimum Gasteiger partial charge on any atom is -0.0693 e. The first-order chi connectivity index (χ1) is 8.14. The molecule has 0 nitrogen and oxygen atoms in total. The molecule has 2 aromatic carbocycles. The largest absolute Gasteiger partial charge is 0.0693 e. The van der Waals surface area contributed by atoms with E-state index in [0.29, 0.717) is 0 Å². The Morgan fingerprint density at radius 3 is 2.47 bits per heavy atom. The van der Waals surface area contributed by atoms with Gasteiger partial charge in [-0.3, -0.25) is 0 Å². The molecule has 0 aromatic heterocycles. The van der Waals surface area contributed by atoms with Gasteiger partial charge in [-0.15, -0.1) is 0 Å². The van der Waals surface area contributed by atoms with E-state index in [1.54, 1.807) is 5.56 Å². The molecule has 0 unspecified atom stereocenters. The summed E-state index contributed by atoms with van der Waals surface area (Å²) in [6.07, 6.45) is 1.29. The summed E-state index contributed by atoms with van der Waals surface area (Å²) < 4.78 is 0. The minimum atomic E-state index is -0.735. The molecule has 1 aliphatic rings. The second-order valence-corrected chi connectivity index (χ2v) is 11.4. The molecule has 0 amide bonds. The number of hydrogen-bond donors (Lipinski definition) is 0. The van der Waals surface area contributed by atoms with Gasteiger partial charge in [0, 0.05) is 8.07 Å². The Labute approximate surface area is 105 Å². The summed E-state index contributed by atoms with van der Waals surface area (Å²) in [6.45, 7) is 5.04. The molecule has 2 aromatic rings. The summed E-state index contributed by atoms with van der Waals surface area (Å²) in [4.78, 5) is 0. The normalized spacial score (nSPS) is 19.2. The van der Waals surface area contributed by atoms with Gasteiger partial charge in [-0.25, -0.2) is 0 Å². The van der Waals surface area contributed by atoms with Crippen LogP contribution in [0.1, 0.15) is 5.56 Å². The Balaban J connectivity index is 1.86. The van der Waals surface area contributed by atoms with Gasteiger partial charge < -0.3 is 0 Å². The molecule has 1 heterocycles. The Bertz CT molecular complexity index is 529. The number of rotatable bonds is 2. The zero-order valence-corrected chi connectivity index (χ0v) is 11.7. The lowest BCUT2D eigenvalue weighted by Gasteiger charge is -2.41. The Kier molecular flexibility index (Phi) is 2.59. The number of hydrogen-bond acceptors (Lipinski definition) is 0. The second-order valence-electron chi connectivity index (χ2n) is 6.28. The molecule has 0 spiro atoms. The van der Waals surface area contributed by atoms with E-state index in [-0.39, 0.29) is 0 Å². The van der Waals surface area contributed by atoms with Crippen LogP contribution in [0.25, 0.3) is 10.8 Å². The van der Waals surface area contributed by atoms with Gasteiger partial charge in [0.15, 0.2) is 0 Å². The third kappa shape index (κ3) is 2.16. The van der Waals surface area contributed by atoms with Crippen LogP contribution < -0.4 is 0 Å². The van der Waals surface area contributed by atoms with Gasteiger partial charge in [0.1, 0.15) is 0 Å². The Morgan fingerprint density at radius 1 is 1.00 bits per heavy atom. The molecule has 1 heteroatoms. The molecule has 0 N–H and O–H groups in total. The summed E-state index contributed by atoms with van der Waals surface area (Å²) in [6, 6.07) is 18.6. The van der Waals surface area contributed by atoms with Crippen molar-refractivity contribution >= 4 is 18.8 Å². The number of benzene rings is 2. The summed E-state index contributed by atoms with van der Waals surface area (Å²) in [7, 11) is -0.735. The molecular weight excluding hydrogens is 220 g/mol. The highest BCUT2D eigenvalue weighted by Gasteiger charge is 2.37. The predicted octanol–water partition coefficient (Wildman–Crippen LogP) is 4.72. The highest BCUT2D eigenvalue weighted by molar-refractivity contribution is 6.80. The lowest BCUT2D eigenvalue weighted by Crippen LogP contribution is -2.42. The van der Waals surface area contributed by atoms with Crippen molar-refractivity contribution in [3.8, 4) is 0 Å². The van der Waals surface area contributed by atoms with Gasteiger partial charge in [0.05, 0.1) is 0 Å². The first-order valence-corrected chi connectivity index (χ1v) is 10.0. The van der Waals surface area contributed by atoms with Crippen molar-refractivity contribution in [1.82, 2.24) is 0 Å². The highest BCUT2D eigenvalue weighted by Crippen LogP contribution is 2.40. The molecule has 88 valence electrons. The van der Waals surface area contributed by atoms with Crippen molar-refractivity contribution in [3.63, 3.8) is 0 Å². The van der Waals surface area contributed by atoms with E-state index in [0.717, 1.165) is 5.92 Å². The Morgan fingerprint density at radius 2 is 1.71 bits per heavy atom. The molecule has 0 atom stereocenters. The van der Waals surface area contributed by atoms with Gasteiger partial charge in [-0.1, -0.05) is 67.6 Å². The fraction of sp³-hybridized carbons (Fsp3) is 0.375. The van der Waals surface area contributed by atoms with Crippen LogP contribution in [-0.2, 0) is 6.42 Å². The van der Waals surface area contributed by atoms with Gasteiger partial charge >= 0.3 is 0 Å². The lowest BCUT2D eigenvalue weighted by molar-refractivity contribution is 0.568. The Hall–Kier alpha value is -1.08. The van der Waals surface area contributed by atoms with E-state index in [2.05, 4.69) is 55.6 Å². The fourth-order valence-corrected chi connectivity index (χ4v) is 6.72. The lowest BCUT2D eigenvalue weighted by atomic mass is 9.96. The molecule has 0 bridgehead atoms. The zero-order valence-electron chi connectivity index (χ0n) is 10.7. The third-order valence-electron chi connectivity index (χ3n) is 4.07. The summed E-state index contributed by atoms with van der Waals surface area (Å²) >= 11 is 0. The van der Waals surface area contributed by atoms with Gasteiger partial charge in [0.25, 0.3) is 0 Å². The maximum Gasteiger partial charge on any atom is 0.0479 e. The van der Waals surface area contributed by atoms with Crippen molar-refractivity contribution in [1.29, 1.82) is 0 Å². The molecule has 1 saturated heterocycles. The van der Waals surface area contributed by atoms with Crippen LogP contribution in [0, 0.1) is 5.92 Å². The van der Waals surface area contributed by atoms with Crippen molar-refractivity contribution in [2.75, 3.05) is 0 Å². The third-order valence-corrected chi connectivity index (χ3v) is 7.44. The fourth-order valence-electron chi connectivity index (χ4n) is 3.43. The van der Waals surface area contributed by atoms with Crippen LogP contribution in [0.3, 0.4) is 0 Å². The van der Waals surface area contributed by atoms with E-state index in [4.69, 9.17) is 0 Å². The molecule has 3 rings (SSSR count). The van der Waals surface area contributed by atoms with E-state index >= 15 is 0 Å². The average molecular weight is 240 g/mol. The van der Waals surface area contributed by atoms with E-state index < -0.39 is 8.07 Å². The highest BCUT2D eigenvalue weighted by atomic mass is 28.3. The smallest absolute Gasteiger partial charge is 0.0479 e. The van der Waals surface area contributed by atoms with E-state index in [1.165, 1.54) is 29.3 Å². The molecule has 17 heavy (non-hydrogen) atoms. The van der Waals surface area contributed by atoms with Crippen molar-refractivity contribution in [2.24, 2.45) is 5.92 Å². The van der Waals surface area contributed by atoms with Crippen molar-refractivity contribution < 1.29 is 0 Å². The van der Waals surface area contributed by atoms with Crippen LogP contribution >= 0.6 is 0 Å². The van der Waals surface area contributed by atoms with Gasteiger partial charge in [-0.05, 0) is 28.7 Å². The van der Waals surface area contributed by atoms with Crippen molar-refractivity contribution in [2.45, 2.75) is 31.6 Å². The predicted molar refractivity (Wildman–Crippen MR) is 78.2 cm³/mol. The second kappa shape index (κ2) is 3.99. The van der Waals surface area contributed by atoms with Crippen LogP contribution in [0.2, 0.25) is 25.2 Å². The molecule has 0 saturated carbocycles. The first-order valence-electron chi connectivity index (χ1n) is 6.61. The summed E-state index contributed by atoms with van der Waals surface area (Å²) in [5.74, 6) is 0.961.